The summed E-state index contributed by atoms with van der Waals surface area (Å²) in [6, 6.07) is 21.7. The van der Waals surface area contributed by atoms with Crippen molar-refractivity contribution in [2.75, 3.05) is 17.7 Å². The number of carboxylic acids is 1. The van der Waals surface area contributed by atoms with E-state index in [1.54, 1.807) is 48.2 Å². The van der Waals surface area contributed by atoms with Crippen molar-refractivity contribution in [3.63, 3.8) is 0 Å². The van der Waals surface area contributed by atoms with Crippen LogP contribution in [0.1, 0.15) is 46.4 Å². The topological polar surface area (TPSA) is 114 Å². The summed E-state index contributed by atoms with van der Waals surface area (Å²) in [6.07, 6.45) is -0.160. The van der Waals surface area contributed by atoms with Gasteiger partial charge in [0.1, 0.15) is 6.61 Å². The number of anilines is 1. The van der Waals surface area contributed by atoms with Gasteiger partial charge >= 0.3 is 12.1 Å². The lowest BCUT2D eigenvalue weighted by atomic mass is 9.91. The molecule has 4 unspecified atom stereocenters. The average Bonchev–Trinajstić information content (AvgIpc) is 2.96. The van der Waals surface area contributed by atoms with Crippen LogP contribution in [0, 0.1) is 5.92 Å². The molecule has 0 spiro atoms. The van der Waals surface area contributed by atoms with Gasteiger partial charge in [0.05, 0.1) is 24.4 Å². The van der Waals surface area contributed by atoms with E-state index in [0.29, 0.717) is 11.4 Å². The number of carboxylic acid groups (broad SMARTS) is 1. The number of nitrogens with one attached hydrogen (secondary N) is 1. The molecule has 0 saturated carbocycles. The van der Waals surface area contributed by atoms with Crippen LogP contribution in [0.15, 0.2) is 90.3 Å². The van der Waals surface area contributed by atoms with Gasteiger partial charge < -0.3 is 24.4 Å². The summed E-state index contributed by atoms with van der Waals surface area (Å²) in [5, 5.41) is 21.3. The van der Waals surface area contributed by atoms with Crippen molar-refractivity contribution in [3.8, 4) is 0 Å². The van der Waals surface area contributed by atoms with E-state index in [9.17, 15) is 14.7 Å². The van der Waals surface area contributed by atoms with Crippen LogP contribution in [-0.4, -0.2) is 40.7 Å². The maximum Gasteiger partial charge on any atom is 0.411 e. The molecule has 0 radical (unpaired) electrons. The standard InChI is InChI=1S/C30H31NO7S/c1-3-16-36-30(35)31-24-12-8-23(9-13-24)29-37-26(18-39-25-14-10-22(11-15-25)28(33)34)19(2)27(38-29)21-6-4-20(17-32)5-7-21/h3-15,19,26-27,29,32H,1,16-18H2,2H3,(H,31,35)(H,33,34). The van der Waals surface area contributed by atoms with E-state index < -0.39 is 18.4 Å². The molecule has 0 aromatic heterocycles. The first-order valence-corrected chi connectivity index (χ1v) is 13.5. The van der Waals surface area contributed by atoms with Crippen LogP contribution < -0.4 is 5.32 Å². The van der Waals surface area contributed by atoms with E-state index in [1.165, 1.54) is 6.08 Å². The highest BCUT2D eigenvalue weighted by atomic mass is 32.2. The number of amides is 1. The first-order valence-electron chi connectivity index (χ1n) is 12.5. The highest BCUT2D eigenvalue weighted by molar-refractivity contribution is 7.99. The third kappa shape index (κ3) is 7.48. The van der Waals surface area contributed by atoms with Crippen LogP contribution in [0.2, 0.25) is 0 Å². The molecule has 204 valence electrons. The fourth-order valence-electron chi connectivity index (χ4n) is 4.19. The number of carbonyl (C=O) groups excluding carboxylic acids is 1. The van der Waals surface area contributed by atoms with Crippen molar-refractivity contribution in [3.05, 3.63) is 108 Å². The Morgan fingerprint density at radius 3 is 2.28 bits per heavy atom. The maximum atomic E-state index is 11.8. The molecule has 3 N–H and O–H groups in total. The van der Waals surface area contributed by atoms with Crippen LogP contribution in [0.25, 0.3) is 0 Å². The molecule has 0 bridgehead atoms. The maximum absolute atomic E-state index is 11.8. The van der Waals surface area contributed by atoms with Gasteiger partial charge in [0.25, 0.3) is 0 Å². The average molecular weight is 550 g/mol. The molecule has 4 atom stereocenters. The number of carbonyl (C=O) groups is 2. The molecule has 1 amide bonds. The minimum atomic E-state index is -0.958. The minimum absolute atomic E-state index is 0.00703. The summed E-state index contributed by atoms with van der Waals surface area (Å²) in [7, 11) is 0. The summed E-state index contributed by atoms with van der Waals surface area (Å²) >= 11 is 1.59. The van der Waals surface area contributed by atoms with Gasteiger partial charge in [-0.25, -0.2) is 9.59 Å². The van der Waals surface area contributed by atoms with Crippen molar-refractivity contribution in [1.29, 1.82) is 0 Å². The van der Waals surface area contributed by atoms with Gasteiger partial charge in [-0.05, 0) is 47.5 Å². The van der Waals surface area contributed by atoms with Gasteiger partial charge in [-0.3, -0.25) is 5.32 Å². The van der Waals surface area contributed by atoms with Gasteiger partial charge in [-0.15, -0.1) is 11.8 Å². The Hall–Kier alpha value is -3.63. The van der Waals surface area contributed by atoms with Gasteiger partial charge in [0.15, 0.2) is 6.29 Å². The molecular weight excluding hydrogens is 518 g/mol. The SMILES string of the molecule is C=CCOC(=O)Nc1ccc(C2OC(CSc3ccc(C(=O)O)cc3)C(C)C(c3ccc(CO)cc3)O2)cc1. The van der Waals surface area contributed by atoms with E-state index in [-0.39, 0.29) is 36.9 Å². The smallest absolute Gasteiger partial charge is 0.411 e. The van der Waals surface area contributed by atoms with Crippen LogP contribution in [0.5, 0.6) is 0 Å². The number of thioether (sulfide) groups is 1. The molecule has 1 heterocycles. The Morgan fingerprint density at radius 2 is 1.67 bits per heavy atom. The quantitative estimate of drug-likeness (QED) is 0.202. The monoisotopic (exact) mass is 549 g/mol. The van der Waals surface area contributed by atoms with Crippen molar-refractivity contribution in [2.45, 2.75) is 36.9 Å². The first kappa shape index (κ1) is 28.4. The third-order valence-corrected chi connectivity index (χ3v) is 7.50. The number of aliphatic hydroxyl groups is 1. The van der Waals surface area contributed by atoms with E-state index in [1.807, 2.05) is 36.4 Å². The fourth-order valence-corrected chi connectivity index (χ4v) is 5.26. The fraction of sp³-hybridized carbons (Fsp3) is 0.267. The van der Waals surface area contributed by atoms with Gasteiger partial charge in [-0.1, -0.05) is 56.0 Å². The summed E-state index contributed by atoms with van der Waals surface area (Å²) < 4.78 is 17.9. The van der Waals surface area contributed by atoms with Crippen LogP contribution in [0.3, 0.4) is 0 Å². The first-order chi connectivity index (χ1) is 18.9. The number of aromatic carboxylic acids is 1. The highest BCUT2D eigenvalue weighted by Gasteiger charge is 2.38. The van der Waals surface area contributed by atoms with E-state index in [0.717, 1.165) is 21.6 Å². The van der Waals surface area contributed by atoms with Crippen molar-refractivity contribution >= 4 is 29.5 Å². The lowest BCUT2D eigenvalue weighted by Crippen LogP contribution is -2.38. The van der Waals surface area contributed by atoms with Gasteiger partial charge in [0.2, 0.25) is 0 Å². The van der Waals surface area contributed by atoms with E-state index in [2.05, 4.69) is 18.8 Å². The van der Waals surface area contributed by atoms with Crippen LogP contribution in [0.4, 0.5) is 10.5 Å². The Morgan fingerprint density at radius 1 is 1.00 bits per heavy atom. The van der Waals surface area contributed by atoms with E-state index in [4.69, 9.17) is 19.3 Å². The van der Waals surface area contributed by atoms with E-state index >= 15 is 0 Å². The second-order valence-corrected chi connectivity index (χ2v) is 10.2. The highest BCUT2D eigenvalue weighted by Crippen LogP contribution is 2.43. The normalized spacial score (nSPS) is 20.7. The molecule has 8 nitrogen and oxygen atoms in total. The summed E-state index contributed by atoms with van der Waals surface area (Å²) in [5.41, 5.74) is 3.42. The molecular formula is C30H31NO7S. The molecule has 9 heteroatoms. The Bertz CT molecular complexity index is 1260. The number of ether oxygens (including phenoxy) is 3. The summed E-state index contributed by atoms with van der Waals surface area (Å²) in [4.78, 5) is 24.0. The van der Waals surface area contributed by atoms with Crippen molar-refractivity contribution < 1.29 is 34.0 Å². The molecule has 39 heavy (non-hydrogen) atoms. The molecule has 1 aliphatic heterocycles. The second kappa shape index (κ2) is 13.4. The summed E-state index contributed by atoms with van der Waals surface area (Å²) in [5.74, 6) is -0.318. The number of hydrogen-bond acceptors (Lipinski definition) is 7. The zero-order chi connectivity index (χ0) is 27.8. The lowest BCUT2D eigenvalue weighted by Gasteiger charge is -2.41. The molecule has 4 rings (SSSR count). The van der Waals surface area contributed by atoms with Crippen molar-refractivity contribution in [1.82, 2.24) is 0 Å². The molecule has 1 aliphatic rings. The van der Waals surface area contributed by atoms with Gasteiger partial charge in [0, 0.05) is 27.8 Å². The third-order valence-electron chi connectivity index (χ3n) is 6.40. The Kier molecular flexibility index (Phi) is 9.78. The lowest BCUT2D eigenvalue weighted by molar-refractivity contribution is -0.268. The number of benzene rings is 3. The van der Waals surface area contributed by atoms with Crippen LogP contribution >= 0.6 is 11.8 Å². The van der Waals surface area contributed by atoms with Crippen molar-refractivity contribution in [2.24, 2.45) is 5.92 Å². The molecule has 1 saturated heterocycles. The van der Waals surface area contributed by atoms with Gasteiger partial charge in [-0.2, -0.15) is 0 Å². The molecule has 3 aromatic carbocycles. The Labute approximate surface area is 231 Å². The molecule has 0 aliphatic carbocycles. The zero-order valence-corrected chi connectivity index (χ0v) is 22.3. The van der Waals surface area contributed by atoms with Crippen LogP contribution in [-0.2, 0) is 20.8 Å². The Balaban J connectivity index is 1.52. The largest absolute Gasteiger partial charge is 0.478 e. The predicted molar refractivity (Wildman–Crippen MR) is 149 cm³/mol. The number of hydrogen-bond donors (Lipinski definition) is 3. The zero-order valence-electron chi connectivity index (χ0n) is 21.5. The minimum Gasteiger partial charge on any atom is -0.478 e. The number of aliphatic hydroxyl groups excluding tert-OH is 1. The molecule has 1 fully saturated rings. The second-order valence-electron chi connectivity index (χ2n) is 9.10. The predicted octanol–water partition coefficient (Wildman–Crippen LogP) is 6.20. The number of rotatable bonds is 10. The summed E-state index contributed by atoms with van der Waals surface area (Å²) in [6.45, 7) is 5.70. The molecule has 3 aromatic rings.